The maximum absolute atomic E-state index is 12.4. The van der Waals surface area contributed by atoms with Crippen LogP contribution >= 0.6 is 11.6 Å². The first-order chi connectivity index (χ1) is 8.49. The fourth-order valence-corrected chi connectivity index (χ4v) is 2.68. The van der Waals surface area contributed by atoms with Gasteiger partial charge >= 0.3 is 6.18 Å². The zero-order valence-electron chi connectivity index (χ0n) is 9.88. The quantitative estimate of drug-likeness (QED) is 0.746. The first-order valence-electron chi connectivity index (χ1n) is 5.92. The van der Waals surface area contributed by atoms with Crippen LogP contribution in [0.4, 0.5) is 13.2 Å². The minimum absolute atomic E-state index is 0.215. The zero-order valence-corrected chi connectivity index (χ0v) is 10.6. The van der Waals surface area contributed by atoms with Gasteiger partial charge in [0.05, 0.1) is 6.54 Å². The van der Waals surface area contributed by atoms with Crippen LogP contribution in [0.1, 0.15) is 17.0 Å². The van der Waals surface area contributed by atoms with E-state index in [1.165, 1.54) is 16.0 Å². The maximum Gasteiger partial charge on any atom is 0.401 e. The van der Waals surface area contributed by atoms with Crippen LogP contribution in [0.2, 0.25) is 0 Å². The summed E-state index contributed by atoms with van der Waals surface area (Å²) in [6, 6.07) is 7.92. The van der Waals surface area contributed by atoms with Crippen LogP contribution in [0, 0.1) is 0 Å². The van der Waals surface area contributed by atoms with Crippen LogP contribution in [-0.2, 0) is 6.42 Å². The number of alkyl halides is 4. The van der Waals surface area contributed by atoms with Crippen LogP contribution in [0.5, 0.6) is 0 Å². The summed E-state index contributed by atoms with van der Waals surface area (Å²) >= 11 is 5.56. The van der Waals surface area contributed by atoms with Crippen molar-refractivity contribution < 1.29 is 13.2 Å². The summed E-state index contributed by atoms with van der Waals surface area (Å²) in [6.07, 6.45) is -3.29. The van der Waals surface area contributed by atoms with Crippen molar-refractivity contribution in [2.24, 2.45) is 0 Å². The SMILES string of the molecule is FC(F)(F)CN(CCCl)CC1Cc2ccccc21. The molecule has 0 saturated carbocycles. The van der Waals surface area contributed by atoms with Crippen LogP contribution in [0.15, 0.2) is 24.3 Å². The molecular weight excluding hydrogens is 263 g/mol. The number of halogens is 4. The van der Waals surface area contributed by atoms with Gasteiger partial charge in [0.25, 0.3) is 0 Å². The molecule has 0 spiro atoms. The van der Waals surface area contributed by atoms with Crippen molar-refractivity contribution in [2.75, 3.05) is 25.5 Å². The highest BCUT2D eigenvalue weighted by Gasteiger charge is 2.33. The number of hydrogen-bond acceptors (Lipinski definition) is 1. The highest BCUT2D eigenvalue weighted by Crippen LogP contribution is 2.35. The van der Waals surface area contributed by atoms with Gasteiger partial charge < -0.3 is 0 Å². The Kier molecular flexibility index (Phi) is 4.17. The first kappa shape index (κ1) is 13.7. The number of benzene rings is 1. The lowest BCUT2D eigenvalue weighted by Gasteiger charge is -2.35. The van der Waals surface area contributed by atoms with E-state index < -0.39 is 12.7 Å². The van der Waals surface area contributed by atoms with E-state index in [2.05, 4.69) is 0 Å². The summed E-state index contributed by atoms with van der Waals surface area (Å²) in [6.45, 7) is -0.165. The highest BCUT2D eigenvalue weighted by atomic mass is 35.5. The second-order valence-electron chi connectivity index (χ2n) is 4.64. The van der Waals surface area contributed by atoms with Crippen molar-refractivity contribution in [3.63, 3.8) is 0 Å². The molecule has 1 nitrogen and oxygen atoms in total. The zero-order chi connectivity index (χ0) is 13.2. The van der Waals surface area contributed by atoms with Crippen molar-refractivity contribution in [3.8, 4) is 0 Å². The van der Waals surface area contributed by atoms with Gasteiger partial charge in [-0.2, -0.15) is 13.2 Å². The van der Waals surface area contributed by atoms with Gasteiger partial charge in [-0.1, -0.05) is 24.3 Å². The molecule has 1 aliphatic rings. The van der Waals surface area contributed by atoms with Crippen LogP contribution in [0.3, 0.4) is 0 Å². The molecular formula is C13H15ClF3N. The van der Waals surface area contributed by atoms with Gasteiger partial charge in [-0.05, 0) is 17.5 Å². The Morgan fingerprint density at radius 1 is 1.28 bits per heavy atom. The maximum atomic E-state index is 12.4. The Bertz CT molecular complexity index is 405. The van der Waals surface area contributed by atoms with Crippen LogP contribution in [0.25, 0.3) is 0 Å². The molecule has 1 unspecified atom stereocenters. The lowest BCUT2D eigenvalue weighted by atomic mass is 9.77. The normalized spacial score (nSPS) is 18.6. The molecule has 1 atom stereocenters. The molecule has 0 saturated heterocycles. The second-order valence-corrected chi connectivity index (χ2v) is 5.02. The summed E-state index contributed by atoms with van der Waals surface area (Å²) in [7, 11) is 0. The first-order valence-corrected chi connectivity index (χ1v) is 6.46. The van der Waals surface area contributed by atoms with Crippen LogP contribution in [-0.4, -0.2) is 36.6 Å². The molecule has 5 heteroatoms. The minimum Gasteiger partial charge on any atom is -0.293 e. The fraction of sp³-hybridized carbons (Fsp3) is 0.538. The third-order valence-electron chi connectivity index (χ3n) is 3.24. The van der Waals surface area contributed by atoms with E-state index in [4.69, 9.17) is 11.6 Å². The lowest BCUT2D eigenvalue weighted by molar-refractivity contribution is -0.146. The van der Waals surface area contributed by atoms with Gasteiger partial charge in [0.1, 0.15) is 0 Å². The summed E-state index contributed by atoms with van der Waals surface area (Å²) < 4.78 is 37.2. The van der Waals surface area contributed by atoms with E-state index in [9.17, 15) is 13.2 Å². The summed E-state index contributed by atoms with van der Waals surface area (Å²) in [5, 5.41) is 0. The highest BCUT2D eigenvalue weighted by molar-refractivity contribution is 6.18. The van der Waals surface area contributed by atoms with Crippen molar-refractivity contribution in [1.82, 2.24) is 4.90 Å². The Hall–Kier alpha value is -0.740. The summed E-state index contributed by atoms with van der Waals surface area (Å²) in [5.74, 6) is 0.441. The standard InChI is InChI=1S/C13H15ClF3N/c14-5-6-18(9-13(15,16)17)8-11-7-10-3-1-2-4-12(10)11/h1-4,11H,5-9H2. The van der Waals surface area contributed by atoms with E-state index in [1.54, 1.807) is 0 Å². The molecule has 0 radical (unpaired) electrons. The van der Waals surface area contributed by atoms with Gasteiger partial charge in [0, 0.05) is 24.9 Å². The lowest BCUT2D eigenvalue weighted by Crippen LogP contribution is -2.40. The molecule has 1 aliphatic carbocycles. The van der Waals surface area contributed by atoms with Crippen LogP contribution < -0.4 is 0 Å². The van der Waals surface area contributed by atoms with Crippen molar-refractivity contribution in [2.45, 2.75) is 18.5 Å². The van der Waals surface area contributed by atoms with E-state index in [-0.39, 0.29) is 18.3 Å². The van der Waals surface area contributed by atoms with Gasteiger partial charge in [-0.15, -0.1) is 11.6 Å². The molecule has 0 amide bonds. The largest absolute Gasteiger partial charge is 0.401 e. The molecule has 1 aromatic rings. The molecule has 2 rings (SSSR count). The van der Waals surface area contributed by atoms with Gasteiger partial charge in [0.2, 0.25) is 0 Å². The Balaban J connectivity index is 1.95. The van der Waals surface area contributed by atoms with E-state index >= 15 is 0 Å². The number of hydrogen-bond donors (Lipinski definition) is 0. The van der Waals surface area contributed by atoms with E-state index in [0.717, 1.165) is 6.42 Å². The Labute approximate surface area is 110 Å². The van der Waals surface area contributed by atoms with Gasteiger partial charge in [0.15, 0.2) is 0 Å². The monoisotopic (exact) mass is 277 g/mol. The molecule has 18 heavy (non-hydrogen) atoms. The van der Waals surface area contributed by atoms with E-state index in [0.29, 0.717) is 6.54 Å². The van der Waals surface area contributed by atoms with Gasteiger partial charge in [-0.25, -0.2) is 0 Å². The third kappa shape index (κ3) is 3.39. The molecule has 0 heterocycles. The average Bonchev–Trinajstić information content (AvgIpc) is 2.24. The fourth-order valence-electron chi connectivity index (χ4n) is 2.45. The van der Waals surface area contributed by atoms with E-state index in [1.807, 2.05) is 24.3 Å². The molecule has 1 aromatic carbocycles. The molecule has 0 fully saturated rings. The smallest absolute Gasteiger partial charge is 0.293 e. The molecule has 0 aliphatic heterocycles. The number of nitrogens with zero attached hydrogens (tertiary/aromatic N) is 1. The summed E-state index contributed by atoms with van der Waals surface area (Å²) in [5.41, 5.74) is 2.43. The van der Waals surface area contributed by atoms with Crippen molar-refractivity contribution in [3.05, 3.63) is 35.4 Å². The van der Waals surface area contributed by atoms with Crippen molar-refractivity contribution >= 4 is 11.6 Å². The average molecular weight is 278 g/mol. The Morgan fingerprint density at radius 2 is 2.00 bits per heavy atom. The third-order valence-corrected chi connectivity index (χ3v) is 3.41. The molecule has 0 aromatic heterocycles. The molecule has 0 N–H and O–H groups in total. The molecule has 0 bridgehead atoms. The molecule has 100 valence electrons. The van der Waals surface area contributed by atoms with Gasteiger partial charge in [-0.3, -0.25) is 4.90 Å². The van der Waals surface area contributed by atoms with Crippen molar-refractivity contribution in [1.29, 1.82) is 0 Å². The minimum atomic E-state index is -4.16. The predicted octanol–water partition coefficient (Wildman–Crippen LogP) is 3.43. The summed E-state index contributed by atoms with van der Waals surface area (Å²) in [4.78, 5) is 1.40. The number of fused-ring (bicyclic) bond motifs is 1. The number of rotatable bonds is 5. The predicted molar refractivity (Wildman–Crippen MR) is 66.1 cm³/mol. The topological polar surface area (TPSA) is 3.24 Å². The second kappa shape index (κ2) is 5.49. The Morgan fingerprint density at radius 3 is 2.61 bits per heavy atom.